The number of Topliss-reactive ketones (excluding diaryl/α,β-unsaturated/α-hetero) is 1. The summed E-state index contributed by atoms with van der Waals surface area (Å²) in [5.41, 5.74) is 3.24. The van der Waals surface area contributed by atoms with Gasteiger partial charge < -0.3 is 5.32 Å². The second-order valence-corrected chi connectivity index (χ2v) is 5.80. The molecule has 2 aromatic heterocycles. The number of ketones is 1. The molecule has 6 heteroatoms. The van der Waals surface area contributed by atoms with E-state index in [1.807, 2.05) is 19.9 Å². The Morgan fingerprint density at radius 3 is 2.44 bits per heavy atom. The highest BCUT2D eigenvalue weighted by atomic mass is 16.1. The molecular formula is C19H18N4O2. The van der Waals surface area contributed by atoms with E-state index in [2.05, 4.69) is 15.4 Å². The molecule has 0 saturated heterocycles. The van der Waals surface area contributed by atoms with Gasteiger partial charge in [0.2, 0.25) is 0 Å². The number of hydrogen-bond acceptors (Lipinski definition) is 4. The third kappa shape index (κ3) is 3.47. The van der Waals surface area contributed by atoms with Gasteiger partial charge in [0.05, 0.1) is 16.9 Å². The van der Waals surface area contributed by atoms with Crippen LogP contribution in [0.3, 0.4) is 0 Å². The van der Waals surface area contributed by atoms with Crippen LogP contribution in [-0.2, 0) is 0 Å². The van der Waals surface area contributed by atoms with Crippen molar-refractivity contribution in [3.8, 4) is 5.82 Å². The van der Waals surface area contributed by atoms with Crippen molar-refractivity contribution in [3.05, 3.63) is 71.2 Å². The van der Waals surface area contributed by atoms with Crippen molar-refractivity contribution in [2.75, 3.05) is 5.32 Å². The molecule has 126 valence electrons. The summed E-state index contributed by atoms with van der Waals surface area (Å²) in [5.74, 6) is 0.223. The van der Waals surface area contributed by atoms with Crippen molar-refractivity contribution in [3.63, 3.8) is 0 Å². The molecule has 0 aliphatic rings. The molecule has 3 rings (SSSR count). The van der Waals surface area contributed by atoms with Gasteiger partial charge in [0.15, 0.2) is 11.6 Å². The Labute approximate surface area is 145 Å². The summed E-state index contributed by atoms with van der Waals surface area (Å²) in [5, 5.41) is 7.13. The number of rotatable bonds is 4. The molecule has 25 heavy (non-hydrogen) atoms. The highest BCUT2D eigenvalue weighted by Gasteiger charge is 2.12. The first-order valence-electron chi connectivity index (χ1n) is 7.86. The summed E-state index contributed by atoms with van der Waals surface area (Å²) in [6.45, 7) is 5.33. The number of carbonyl (C=O) groups is 2. The molecule has 0 unspecified atom stereocenters. The minimum absolute atomic E-state index is 0.103. The Kier molecular flexibility index (Phi) is 4.43. The molecule has 1 aromatic carbocycles. The van der Waals surface area contributed by atoms with E-state index in [1.165, 1.54) is 13.1 Å². The fourth-order valence-corrected chi connectivity index (χ4v) is 2.60. The average molecular weight is 334 g/mol. The van der Waals surface area contributed by atoms with Crippen molar-refractivity contribution in [1.82, 2.24) is 14.8 Å². The summed E-state index contributed by atoms with van der Waals surface area (Å²) in [6.07, 6.45) is 1.50. The molecule has 0 aliphatic heterocycles. The van der Waals surface area contributed by atoms with Gasteiger partial charge in [-0.1, -0.05) is 12.1 Å². The number of aromatic nitrogens is 3. The van der Waals surface area contributed by atoms with Gasteiger partial charge in [-0.05, 0) is 51.1 Å². The fourth-order valence-electron chi connectivity index (χ4n) is 2.60. The Hall–Kier alpha value is -3.28. The lowest BCUT2D eigenvalue weighted by atomic mass is 10.1. The predicted molar refractivity (Wildman–Crippen MR) is 95.2 cm³/mol. The molecule has 0 spiro atoms. The third-order valence-electron chi connectivity index (χ3n) is 3.79. The fraction of sp³-hybridized carbons (Fsp3) is 0.158. The topological polar surface area (TPSA) is 76.9 Å². The van der Waals surface area contributed by atoms with Gasteiger partial charge in [0, 0.05) is 17.5 Å². The molecule has 0 radical (unpaired) electrons. The maximum Gasteiger partial charge on any atom is 0.257 e. The normalized spacial score (nSPS) is 10.5. The minimum atomic E-state index is -0.318. The number of aryl methyl sites for hydroxylation is 2. The number of amides is 1. The minimum Gasteiger partial charge on any atom is -0.321 e. The van der Waals surface area contributed by atoms with Crippen LogP contribution in [0.1, 0.15) is 39.0 Å². The van der Waals surface area contributed by atoms with Crippen molar-refractivity contribution < 1.29 is 9.59 Å². The van der Waals surface area contributed by atoms with E-state index < -0.39 is 0 Å². The van der Waals surface area contributed by atoms with E-state index in [0.717, 1.165) is 11.4 Å². The van der Waals surface area contributed by atoms with Crippen molar-refractivity contribution >= 4 is 17.4 Å². The summed E-state index contributed by atoms with van der Waals surface area (Å²) in [7, 11) is 0. The zero-order valence-corrected chi connectivity index (χ0v) is 14.3. The maximum absolute atomic E-state index is 12.4. The van der Waals surface area contributed by atoms with Gasteiger partial charge in [-0.3, -0.25) is 9.59 Å². The SMILES string of the molecule is CC(=O)c1ccccc1NC(=O)c1ccc(-n2nc(C)cc2C)nc1. The van der Waals surface area contributed by atoms with Crippen LogP contribution in [-0.4, -0.2) is 26.5 Å². The van der Waals surface area contributed by atoms with E-state index in [9.17, 15) is 9.59 Å². The molecule has 2 heterocycles. The lowest BCUT2D eigenvalue weighted by molar-refractivity contribution is 0.101. The molecule has 1 N–H and O–H groups in total. The zero-order chi connectivity index (χ0) is 18.0. The average Bonchev–Trinajstić information content (AvgIpc) is 2.93. The highest BCUT2D eigenvalue weighted by Crippen LogP contribution is 2.17. The summed E-state index contributed by atoms with van der Waals surface area (Å²) < 4.78 is 1.72. The van der Waals surface area contributed by atoms with Crippen LogP contribution in [0, 0.1) is 13.8 Å². The Bertz CT molecular complexity index is 942. The Balaban J connectivity index is 1.82. The van der Waals surface area contributed by atoms with E-state index >= 15 is 0 Å². The second kappa shape index (κ2) is 6.68. The number of nitrogens with one attached hydrogen (secondary N) is 1. The molecule has 3 aromatic rings. The van der Waals surface area contributed by atoms with Crippen LogP contribution in [0.15, 0.2) is 48.7 Å². The van der Waals surface area contributed by atoms with Gasteiger partial charge >= 0.3 is 0 Å². The van der Waals surface area contributed by atoms with Crippen LogP contribution in [0.2, 0.25) is 0 Å². The molecule has 0 aliphatic carbocycles. The molecule has 1 amide bonds. The standard InChI is InChI=1S/C19H18N4O2/c1-12-10-13(2)23(22-12)18-9-8-15(11-20-18)19(25)21-17-7-5-4-6-16(17)14(3)24/h4-11H,1-3H3,(H,21,25). The van der Waals surface area contributed by atoms with E-state index in [4.69, 9.17) is 0 Å². The quantitative estimate of drug-likeness (QED) is 0.742. The number of nitrogens with zero attached hydrogens (tertiary/aromatic N) is 3. The molecule has 0 fully saturated rings. The largest absolute Gasteiger partial charge is 0.321 e. The van der Waals surface area contributed by atoms with Crippen LogP contribution in [0.4, 0.5) is 5.69 Å². The zero-order valence-electron chi connectivity index (χ0n) is 14.3. The van der Waals surface area contributed by atoms with Crippen LogP contribution in [0.5, 0.6) is 0 Å². The Morgan fingerprint density at radius 2 is 1.84 bits per heavy atom. The molecule has 0 saturated carbocycles. The van der Waals surface area contributed by atoms with Crippen molar-refractivity contribution in [1.29, 1.82) is 0 Å². The van der Waals surface area contributed by atoms with Gasteiger partial charge in [-0.15, -0.1) is 0 Å². The summed E-state index contributed by atoms with van der Waals surface area (Å²) >= 11 is 0. The smallest absolute Gasteiger partial charge is 0.257 e. The second-order valence-electron chi connectivity index (χ2n) is 5.80. The summed E-state index contributed by atoms with van der Waals surface area (Å²) in [6, 6.07) is 12.3. The van der Waals surface area contributed by atoms with Gasteiger partial charge in [0.1, 0.15) is 0 Å². The molecule has 0 atom stereocenters. The predicted octanol–water partition coefficient (Wildman–Crippen LogP) is 3.34. The maximum atomic E-state index is 12.4. The number of carbonyl (C=O) groups excluding carboxylic acids is 2. The van der Waals surface area contributed by atoms with Crippen molar-refractivity contribution in [2.45, 2.75) is 20.8 Å². The summed E-state index contributed by atoms with van der Waals surface area (Å²) in [4.78, 5) is 28.4. The lowest BCUT2D eigenvalue weighted by Crippen LogP contribution is -2.15. The Morgan fingerprint density at radius 1 is 1.08 bits per heavy atom. The van der Waals surface area contributed by atoms with Crippen LogP contribution < -0.4 is 5.32 Å². The number of anilines is 1. The first-order chi connectivity index (χ1) is 12.0. The van der Waals surface area contributed by atoms with Gasteiger partial charge in [-0.2, -0.15) is 5.10 Å². The number of para-hydroxylation sites is 1. The first kappa shape index (κ1) is 16.6. The van der Waals surface area contributed by atoms with Crippen molar-refractivity contribution in [2.24, 2.45) is 0 Å². The van der Waals surface area contributed by atoms with Gasteiger partial charge in [-0.25, -0.2) is 9.67 Å². The third-order valence-corrected chi connectivity index (χ3v) is 3.79. The lowest BCUT2D eigenvalue weighted by Gasteiger charge is -2.09. The number of pyridine rings is 1. The van der Waals surface area contributed by atoms with E-state index in [-0.39, 0.29) is 11.7 Å². The number of benzene rings is 1. The van der Waals surface area contributed by atoms with Crippen LogP contribution in [0.25, 0.3) is 5.82 Å². The number of hydrogen-bond donors (Lipinski definition) is 1. The monoisotopic (exact) mass is 334 g/mol. The van der Waals surface area contributed by atoms with Crippen LogP contribution >= 0.6 is 0 Å². The molecular weight excluding hydrogens is 316 g/mol. The molecule has 6 nitrogen and oxygen atoms in total. The van der Waals surface area contributed by atoms with Gasteiger partial charge in [0.25, 0.3) is 5.91 Å². The van der Waals surface area contributed by atoms with E-state index in [0.29, 0.717) is 22.6 Å². The first-order valence-corrected chi connectivity index (χ1v) is 7.86. The molecule has 0 bridgehead atoms. The van der Waals surface area contributed by atoms with E-state index in [1.54, 1.807) is 41.1 Å². The highest BCUT2D eigenvalue weighted by molar-refractivity contribution is 6.08.